The molecule has 2 rings (SSSR count). The summed E-state index contributed by atoms with van der Waals surface area (Å²) in [5.74, 6) is -0.276. The Hall–Kier alpha value is -1.84. The average Bonchev–Trinajstić information content (AvgIpc) is 2.42. The summed E-state index contributed by atoms with van der Waals surface area (Å²) in [6, 6.07) is 10.8. The van der Waals surface area contributed by atoms with Gasteiger partial charge in [0.2, 0.25) is 0 Å². The van der Waals surface area contributed by atoms with Crippen molar-refractivity contribution in [1.82, 2.24) is 0 Å². The van der Waals surface area contributed by atoms with E-state index in [9.17, 15) is 9.59 Å². The van der Waals surface area contributed by atoms with Gasteiger partial charge in [0.05, 0.1) is 15.6 Å². The van der Waals surface area contributed by atoms with E-state index in [1.54, 1.807) is 18.2 Å². The summed E-state index contributed by atoms with van der Waals surface area (Å²) >= 11 is 11.6. The summed E-state index contributed by atoms with van der Waals surface area (Å²) in [4.78, 5) is 22.5. The van der Waals surface area contributed by atoms with Gasteiger partial charge in [-0.15, -0.1) is 0 Å². The van der Waals surface area contributed by atoms with Gasteiger partial charge in [-0.25, -0.2) is 4.79 Å². The first-order valence-corrected chi connectivity index (χ1v) is 6.08. The Morgan fingerprint density at radius 2 is 1.84 bits per heavy atom. The number of rotatable bonds is 3. The van der Waals surface area contributed by atoms with Crippen molar-refractivity contribution in [3.05, 3.63) is 63.6 Å². The molecule has 0 aliphatic carbocycles. The second-order valence-corrected chi connectivity index (χ2v) is 4.52. The van der Waals surface area contributed by atoms with Gasteiger partial charge in [0.25, 0.3) is 0 Å². The predicted molar refractivity (Wildman–Crippen MR) is 73.3 cm³/mol. The summed E-state index contributed by atoms with van der Waals surface area (Å²) in [6.45, 7) is 0. The normalized spacial score (nSPS) is 10.0. The van der Waals surface area contributed by atoms with E-state index in [0.29, 0.717) is 22.6 Å². The molecule has 19 heavy (non-hydrogen) atoms. The lowest BCUT2D eigenvalue weighted by Crippen LogP contribution is -2.08. The SMILES string of the molecule is O=Cc1cccc(OC(=O)c2ccc(Cl)c(Cl)c2)c1. The molecule has 0 atom stereocenters. The van der Waals surface area contributed by atoms with Gasteiger partial charge in [-0.1, -0.05) is 35.3 Å². The molecule has 2 aromatic carbocycles. The van der Waals surface area contributed by atoms with Crippen molar-refractivity contribution < 1.29 is 14.3 Å². The molecular formula is C14H8Cl2O3. The molecule has 0 aliphatic heterocycles. The Balaban J connectivity index is 2.20. The van der Waals surface area contributed by atoms with Gasteiger partial charge in [-0.3, -0.25) is 4.79 Å². The lowest BCUT2D eigenvalue weighted by Gasteiger charge is -2.05. The van der Waals surface area contributed by atoms with Crippen molar-refractivity contribution in [2.75, 3.05) is 0 Å². The highest BCUT2D eigenvalue weighted by Gasteiger charge is 2.10. The van der Waals surface area contributed by atoms with Crippen molar-refractivity contribution in [3.63, 3.8) is 0 Å². The maximum atomic E-state index is 11.9. The minimum Gasteiger partial charge on any atom is -0.423 e. The Morgan fingerprint density at radius 1 is 1.05 bits per heavy atom. The van der Waals surface area contributed by atoms with E-state index < -0.39 is 5.97 Å². The fourth-order valence-electron chi connectivity index (χ4n) is 1.44. The van der Waals surface area contributed by atoms with E-state index in [4.69, 9.17) is 27.9 Å². The lowest BCUT2D eigenvalue weighted by molar-refractivity contribution is 0.0734. The fourth-order valence-corrected chi connectivity index (χ4v) is 1.74. The van der Waals surface area contributed by atoms with Crippen LogP contribution in [0.15, 0.2) is 42.5 Å². The van der Waals surface area contributed by atoms with E-state index >= 15 is 0 Å². The number of ether oxygens (including phenoxy) is 1. The number of halogens is 2. The Labute approximate surface area is 119 Å². The zero-order chi connectivity index (χ0) is 13.8. The fraction of sp³-hybridized carbons (Fsp3) is 0. The van der Waals surface area contributed by atoms with Gasteiger partial charge < -0.3 is 4.74 Å². The molecule has 5 heteroatoms. The van der Waals surface area contributed by atoms with E-state index in [2.05, 4.69) is 0 Å². The third kappa shape index (κ3) is 3.34. The second-order valence-electron chi connectivity index (χ2n) is 3.71. The van der Waals surface area contributed by atoms with Crippen molar-refractivity contribution in [2.24, 2.45) is 0 Å². The van der Waals surface area contributed by atoms with Gasteiger partial charge in [-0.05, 0) is 30.3 Å². The smallest absolute Gasteiger partial charge is 0.343 e. The van der Waals surface area contributed by atoms with E-state index in [0.717, 1.165) is 0 Å². The highest BCUT2D eigenvalue weighted by molar-refractivity contribution is 6.42. The summed E-state index contributed by atoms with van der Waals surface area (Å²) in [7, 11) is 0. The molecule has 0 unspecified atom stereocenters. The van der Waals surface area contributed by atoms with Crippen molar-refractivity contribution >= 4 is 35.5 Å². The van der Waals surface area contributed by atoms with Gasteiger partial charge >= 0.3 is 5.97 Å². The van der Waals surface area contributed by atoms with Gasteiger partial charge in [-0.2, -0.15) is 0 Å². The number of hydrogen-bond acceptors (Lipinski definition) is 3. The molecule has 0 N–H and O–H groups in total. The molecule has 0 saturated carbocycles. The van der Waals surface area contributed by atoms with Crippen molar-refractivity contribution in [3.8, 4) is 5.75 Å². The predicted octanol–water partition coefficient (Wildman–Crippen LogP) is 4.03. The molecule has 0 spiro atoms. The van der Waals surface area contributed by atoms with Gasteiger partial charge in [0, 0.05) is 5.56 Å². The molecule has 0 radical (unpaired) electrons. The minimum absolute atomic E-state index is 0.276. The lowest BCUT2D eigenvalue weighted by atomic mass is 10.2. The molecule has 0 fully saturated rings. The first kappa shape index (κ1) is 13.6. The summed E-state index contributed by atoms with van der Waals surface area (Å²) in [6.07, 6.45) is 0.677. The Kier molecular flexibility index (Phi) is 4.20. The average molecular weight is 295 g/mol. The third-order valence-corrected chi connectivity index (χ3v) is 3.10. The number of aldehydes is 1. The molecular weight excluding hydrogens is 287 g/mol. The maximum absolute atomic E-state index is 11.9. The first-order chi connectivity index (χ1) is 9.10. The van der Waals surface area contributed by atoms with Crippen molar-refractivity contribution in [2.45, 2.75) is 0 Å². The molecule has 3 nitrogen and oxygen atoms in total. The number of hydrogen-bond donors (Lipinski definition) is 0. The van der Waals surface area contributed by atoms with E-state index in [1.165, 1.54) is 24.3 Å². The van der Waals surface area contributed by atoms with Crippen LogP contribution in [0.3, 0.4) is 0 Å². The number of benzene rings is 2. The highest BCUT2D eigenvalue weighted by Crippen LogP contribution is 2.23. The van der Waals surface area contributed by atoms with Crippen LogP contribution in [0.1, 0.15) is 20.7 Å². The van der Waals surface area contributed by atoms with Crippen LogP contribution in [0.25, 0.3) is 0 Å². The van der Waals surface area contributed by atoms with E-state index in [1.807, 2.05) is 0 Å². The van der Waals surface area contributed by atoms with Gasteiger partial charge in [0.15, 0.2) is 0 Å². The van der Waals surface area contributed by atoms with Crippen LogP contribution in [-0.4, -0.2) is 12.3 Å². The molecule has 0 bridgehead atoms. The molecule has 0 aromatic heterocycles. The number of esters is 1. The summed E-state index contributed by atoms with van der Waals surface area (Å²) < 4.78 is 5.14. The molecule has 0 heterocycles. The van der Waals surface area contributed by atoms with Crippen molar-refractivity contribution in [1.29, 1.82) is 0 Å². The third-order valence-electron chi connectivity index (χ3n) is 2.36. The highest BCUT2D eigenvalue weighted by atomic mass is 35.5. The van der Waals surface area contributed by atoms with Crippen LogP contribution in [0.2, 0.25) is 10.0 Å². The van der Waals surface area contributed by atoms with Crippen LogP contribution in [0.4, 0.5) is 0 Å². The monoisotopic (exact) mass is 294 g/mol. The molecule has 2 aromatic rings. The van der Waals surface area contributed by atoms with Crippen LogP contribution in [0.5, 0.6) is 5.75 Å². The first-order valence-electron chi connectivity index (χ1n) is 5.32. The zero-order valence-corrected chi connectivity index (χ0v) is 11.1. The molecule has 0 amide bonds. The maximum Gasteiger partial charge on any atom is 0.343 e. The topological polar surface area (TPSA) is 43.4 Å². The van der Waals surface area contributed by atoms with Crippen LogP contribution >= 0.6 is 23.2 Å². The standard InChI is InChI=1S/C14H8Cl2O3/c15-12-5-4-10(7-13(12)16)14(18)19-11-3-1-2-9(6-11)8-17/h1-8H. The minimum atomic E-state index is -0.568. The molecule has 0 saturated heterocycles. The largest absolute Gasteiger partial charge is 0.423 e. The van der Waals surface area contributed by atoms with Crippen LogP contribution in [0, 0.1) is 0 Å². The molecule has 0 aliphatic rings. The number of carbonyl (C=O) groups excluding carboxylic acids is 2. The zero-order valence-electron chi connectivity index (χ0n) is 9.60. The number of carbonyl (C=O) groups is 2. The Morgan fingerprint density at radius 3 is 2.53 bits per heavy atom. The van der Waals surface area contributed by atoms with Gasteiger partial charge in [0.1, 0.15) is 12.0 Å². The quantitative estimate of drug-likeness (QED) is 0.488. The molecule has 96 valence electrons. The summed E-state index contributed by atoms with van der Waals surface area (Å²) in [5.41, 5.74) is 0.713. The second kappa shape index (κ2) is 5.87. The van der Waals surface area contributed by atoms with E-state index in [-0.39, 0.29) is 10.6 Å². The summed E-state index contributed by atoms with van der Waals surface area (Å²) in [5, 5.41) is 0.638. The Bertz CT molecular complexity index is 638. The van der Waals surface area contributed by atoms with Crippen LogP contribution < -0.4 is 4.74 Å². The van der Waals surface area contributed by atoms with Crippen LogP contribution in [-0.2, 0) is 0 Å².